The zero-order chi connectivity index (χ0) is 14.0. The summed E-state index contributed by atoms with van der Waals surface area (Å²) in [6.07, 6.45) is 0.106. The van der Waals surface area contributed by atoms with E-state index in [4.69, 9.17) is 5.11 Å². The van der Waals surface area contributed by atoms with Crippen LogP contribution in [0.25, 0.3) is 0 Å². The van der Waals surface area contributed by atoms with E-state index in [0.717, 1.165) is 17.4 Å². The molecule has 1 fully saturated rings. The van der Waals surface area contributed by atoms with Gasteiger partial charge in [0.25, 0.3) is 0 Å². The van der Waals surface area contributed by atoms with E-state index in [-0.39, 0.29) is 41.7 Å². The van der Waals surface area contributed by atoms with Crippen molar-refractivity contribution in [2.24, 2.45) is 0 Å². The van der Waals surface area contributed by atoms with Gasteiger partial charge in [-0.05, 0) is 6.07 Å². The highest BCUT2D eigenvalue weighted by molar-refractivity contribution is 7.89. The largest absolute Gasteiger partial charge is 0.477 e. The number of nitrogens with zero attached hydrogens (tertiary/aromatic N) is 1. The van der Waals surface area contributed by atoms with Crippen molar-refractivity contribution in [1.29, 1.82) is 0 Å². The molecule has 1 aromatic rings. The highest BCUT2D eigenvalue weighted by Crippen LogP contribution is 2.23. The summed E-state index contributed by atoms with van der Waals surface area (Å²) in [5, 5.41) is 12.7. The van der Waals surface area contributed by atoms with Crippen LogP contribution in [0.15, 0.2) is 16.3 Å². The number of amides is 1. The van der Waals surface area contributed by atoms with E-state index in [0.29, 0.717) is 0 Å². The Bertz CT molecular complexity index is 607. The van der Waals surface area contributed by atoms with Crippen LogP contribution in [0.3, 0.4) is 0 Å². The second-order valence-corrected chi connectivity index (χ2v) is 6.81. The van der Waals surface area contributed by atoms with Gasteiger partial charge >= 0.3 is 5.97 Å². The molecule has 1 saturated heterocycles. The lowest BCUT2D eigenvalue weighted by molar-refractivity contribution is -0.120. The van der Waals surface area contributed by atoms with Crippen molar-refractivity contribution in [1.82, 2.24) is 9.62 Å². The number of carbonyl (C=O) groups is 2. The number of thiophene rings is 1. The fourth-order valence-corrected chi connectivity index (χ4v) is 4.24. The van der Waals surface area contributed by atoms with Crippen molar-refractivity contribution in [2.75, 3.05) is 19.6 Å². The molecule has 19 heavy (non-hydrogen) atoms. The normalized spacial score (nSPS) is 17.8. The average molecular weight is 304 g/mol. The SMILES string of the molecule is O=C1CCN(S(=O)(=O)c2csc(C(=O)O)c2)CCN1. The number of aromatic carboxylic acids is 1. The molecule has 0 bridgehead atoms. The van der Waals surface area contributed by atoms with Crippen LogP contribution in [-0.4, -0.2) is 49.3 Å². The molecule has 0 saturated carbocycles. The van der Waals surface area contributed by atoms with Crippen LogP contribution in [0.2, 0.25) is 0 Å². The van der Waals surface area contributed by atoms with Gasteiger partial charge in [0.1, 0.15) is 4.88 Å². The van der Waals surface area contributed by atoms with Gasteiger partial charge in [0.2, 0.25) is 15.9 Å². The standard InChI is InChI=1S/C10H12N2O5S2/c13-9-1-3-12(4-2-11-9)19(16,17)7-5-8(10(14)15)18-6-7/h5-6H,1-4H2,(H,11,13)(H,14,15). The predicted octanol–water partition coefficient (Wildman–Crippen LogP) is -0.0431. The molecule has 2 heterocycles. The fraction of sp³-hybridized carbons (Fsp3) is 0.400. The first-order chi connectivity index (χ1) is 8.91. The first-order valence-corrected chi connectivity index (χ1v) is 7.82. The van der Waals surface area contributed by atoms with Gasteiger partial charge < -0.3 is 10.4 Å². The molecular weight excluding hydrogens is 292 g/mol. The summed E-state index contributed by atoms with van der Waals surface area (Å²) in [7, 11) is -3.73. The maximum absolute atomic E-state index is 12.3. The number of rotatable bonds is 3. The molecular formula is C10H12N2O5S2. The molecule has 0 radical (unpaired) electrons. The zero-order valence-corrected chi connectivity index (χ0v) is 11.5. The van der Waals surface area contributed by atoms with Gasteiger partial charge in [-0.25, -0.2) is 13.2 Å². The van der Waals surface area contributed by atoms with E-state index in [9.17, 15) is 18.0 Å². The number of sulfonamides is 1. The number of carboxylic acids is 1. The summed E-state index contributed by atoms with van der Waals surface area (Å²) in [6, 6.07) is 1.14. The van der Waals surface area contributed by atoms with E-state index >= 15 is 0 Å². The summed E-state index contributed by atoms with van der Waals surface area (Å²) in [6.45, 7) is 0.548. The monoisotopic (exact) mass is 304 g/mol. The highest BCUT2D eigenvalue weighted by Gasteiger charge is 2.28. The van der Waals surface area contributed by atoms with Crippen molar-refractivity contribution in [3.63, 3.8) is 0 Å². The number of carbonyl (C=O) groups excluding carboxylic acids is 1. The van der Waals surface area contributed by atoms with E-state index in [1.807, 2.05) is 0 Å². The lowest BCUT2D eigenvalue weighted by Gasteiger charge is -2.18. The van der Waals surface area contributed by atoms with E-state index in [2.05, 4.69) is 5.32 Å². The molecule has 2 rings (SSSR count). The summed E-state index contributed by atoms with van der Waals surface area (Å²) < 4.78 is 25.8. The minimum atomic E-state index is -3.73. The van der Waals surface area contributed by atoms with Crippen molar-refractivity contribution < 1.29 is 23.1 Å². The summed E-state index contributed by atoms with van der Waals surface area (Å²) in [4.78, 5) is 21.9. The Morgan fingerprint density at radius 2 is 2.16 bits per heavy atom. The van der Waals surface area contributed by atoms with Crippen LogP contribution >= 0.6 is 11.3 Å². The average Bonchev–Trinajstić information content (AvgIpc) is 2.74. The van der Waals surface area contributed by atoms with Crippen LogP contribution in [0.4, 0.5) is 0 Å². The molecule has 0 aromatic carbocycles. The second kappa shape index (κ2) is 5.27. The topological polar surface area (TPSA) is 104 Å². The van der Waals surface area contributed by atoms with Crippen molar-refractivity contribution in [2.45, 2.75) is 11.3 Å². The highest BCUT2D eigenvalue weighted by atomic mass is 32.2. The quantitative estimate of drug-likeness (QED) is 0.815. The van der Waals surface area contributed by atoms with Gasteiger partial charge in [-0.3, -0.25) is 4.79 Å². The first-order valence-electron chi connectivity index (χ1n) is 5.50. The summed E-state index contributed by atoms with van der Waals surface area (Å²) in [5.41, 5.74) is 0. The summed E-state index contributed by atoms with van der Waals surface area (Å²) in [5.74, 6) is -1.34. The Labute approximate surface area is 113 Å². The third-order valence-corrected chi connectivity index (χ3v) is 5.64. The van der Waals surface area contributed by atoms with Crippen molar-refractivity contribution >= 4 is 33.2 Å². The van der Waals surface area contributed by atoms with Crippen LogP contribution < -0.4 is 5.32 Å². The van der Waals surface area contributed by atoms with Crippen LogP contribution in [0.1, 0.15) is 16.1 Å². The third kappa shape index (κ3) is 2.94. The number of hydrogen-bond acceptors (Lipinski definition) is 5. The molecule has 2 N–H and O–H groups in total. The number of nitrogens with one attached hydrogen (secondary N) is 1. The fourth-order valence-electron chi connectivity index (χ4n) is 1.70. The molecule has 0 unspecified atom stereocenters. The second-order valence-electron chi connectivity index (χ2n) is 3.96. The lowest BCUT2D eigenvalue weighted by Crippen LogP contribution is -2.34. The Balaban J connectivity index is 2.25. The van der Waals surface area contributed by atoms with Gasteiger partial charge in [-0.2, -0.15) is 4.31 Å². The molecule has 1 amide bonds. The first kappa shape index (κ1) is 14.0. The number of carboxylic acid groups (broad SMARTS) is 1. The third-order valence-electron chi connectivity index (χ3n) is 2.70. The van der Waals surface area contributed by atoms with Crippen LogP contribution in [-0.2, 0) is 14.8 Å². The molecule has 104 valence electrons. The molecule has 9 heteroatoms. The molecule has 1 aliphatic rings. The molecule has 0 spiro atoms. The van der Waals surface area contributed by atoms with Gasteiger partial charge in [-0.1, -0.05) is 0 Å². The van der Waals surface area contributed by atoms with E-state index in [1.165, 1.54) is 9.69 Å². The maximum atomic E-state index is 12.3. The van der Waals surface area contributed by atoms with Crippen LogP contribution in [0, 0.1) is 0 Å². The maximum Gasteiger partial charge on any atom is 0.345 e. The Morgan fingerprint density at radius 3 is 2.79 bits per heavy atom. The van der Waals surface area contributed by atoms with E-state index in [1.54, 1.807) is 0 Å². The smallest absolute Gasteiger partial charge is 0.345 e. The van der Waals surface area contributed by atoms with Gasteiger partial charge in [0, 0.05) is 31.4 Å². The van der Waals surface area contributed by atoms with E-state index < -0.39 is 16.0 Å². The predicted molar refractivity (Wildman–Crippen MR) is 67.7 cm³/mol. The van der Waals surface area contributed by atoms with Crippen LogP contribution in [0.5, 0.6) is 0 Å². The molecule has 0 atom stereocenters. The molecule has 1 aliphatic heterocycles. The summed E-state index contributed by atoms with van der Waals surface area (Å²) >= 11 is 0.866. The van der Waals surface area contributed by atoms with Gasteiger partial charge in [-0.15, -0.1) is 11.3 Å². The molecule has 0 aliphatic carbocycles. The Hall–Kier alpha value is -1.45. The van der Waals surface area contributed by atoms with Gasteiger partial charge in [0.15, 0.2) is 0 Å². The zero-order valence-electron chi connectivity index (χ0n) is 9.83. The lowest BCUT2D eigenvalue weighted by atomic mass is 10.4. The minimum absolute atomic E-state index is 0.0254. The molecule has 1 aromatic heterocycles. The van der Waals surface area contributed by atoms with Crippen molar-refractivity contribution in [3.8, 4) is 0 Å². The Morgan fingerprint density at radius 1 is 1.42 bits per heavy atom. The van der Waals surface area contributed by atoms with Gasteiger partial charge in [0.05, 0.1) is 4.90 Å². The number of hydrogen-bond donors (Lipinski definition) is 2. The van der Waals surface area contributed by atoms with Crippen molar-refractivity contribution in [3.05, 3.63) is 16.3 Å². The minimum Gasteiger partial charge on any atom is -0.477 e. The molecule has 7 nitrogen and oxygen atoms in total. The Kier molecular flexibility index (Phi) is 3.88.